The third kappa shape index (κ3) is 2.81. The Morgan fingerprint density at radius 1 is 1.43 bits per heavy atom. The maximum absolute atomic E-state index is 11.8. The van der Waals surface area contributed by atoms with Crippen molar-refractivity contribution in [3.05, 3.63) is 29.3 Å². The van der Waals surface area contributed by atoms with Crippen molar-refractivity contribution in [1.29, 1.82) is 0 Å². The Labute approximate surface area is 125 Å². The van der Waals surface area contributed by atoms with Crippen molar-refractivity contribution in [3.63, 3.8) is 0 Å². The van der Waals surface area contributed by atoms with Crippen LogP contribution in [0, 0.1) is 0 Å². The standard InChI is InChI=1S/C16H22N2O3/c1-3-17-16(14-10-20-6-7-21-14)11-4-5-13-12(8-11)9-15(19)18(13)2/h4-5,8,14,16-17H,3,6-7,9-10H2,1-2H3. The van der Waals surface area contributed by atoms with Crippen molar-refractivity contribution in [1.82, 2.24) is 5.32 Å². The minimum absolute atomic E-state index is 0.0200. The second kappa shape index (κ2) is 6.13. The molecule has 1 fully saturated rings. The van der Waals surface area contributed by atoms with Gasteiger partial charge in [-0.1, -0.05) is 19.1 Å². The fourth-order valence-electron chi connectivity index (χ4n) is 3.07. The molecule has 2 atom stereocenters. The molecule has 0 spiro atoms. The van der Waals surface area contributed by atoms with E-state index in [1.165, 1.54) is 0 Å². The monoisotopic (exact) mass is 290 g/mol. The molecule has 5 nitrogen and oxygen atoms in total. The predicted octanol–water partition coefficient (Wildman–Crippen LogP) is 1.27. The van der Waals surface area contributed by atoms with Crippen molar-refractivity contribution in [2.45, 2.75) is 25.5 Å². The molecule has 2 heterocycles. The Balaban J connectivity index is 1.86. The van der Waals surface area contributed by atoms with E-state index in [2.05, 4.69) is 24.4 Å². The molecule has 1 aromatic carbocycles. The quantitative estimate of drug-likeness (QED) is 0.907. The van der Waals surface area contributed by atoms with Crippen molar-refractivity contribution in [2.75, 3.05) is 38.3 Å². The van der Waals surface area contributed by atoms with Gasteiger partial charge in [0.2, 0.25) is 5.91 Å². The Hall–Kier alpha value is -1.43. The highest BCUT2D eigenvalue weighted by atomic mass is 16.6. The van der Waals surface area contributed by atoms with Gasteiger partial charge >= 0.3 is 0 Å². The van der Waals surface area contributed by atoms with Crippen LogP contribution >= 0.6 is 0 Å². The fourth-order valence-corrected chi connectivity index (χ4v) is 3.07. The molecular formula is C16H22N2O3. The molecule has 0 aliphatic carbocycles. The number of hydrogen-bond acceptors (Lipinski definition) is 4. The zero-order valence-corrected chi connectivity index (χ0v) is 12.6. The van der Waals surface area contributed by atoms with E-state index in [-0.39, 0.29) is 18.1 Å². The van der Waals surface area contributed by atoms with E-state index in [1.807, 2.05) is 13.1 Å². The molecule has 21 heavy (non-hydrogen) atoms. The van der Waals surface area contributed by atoms with Gasteiger partial charge in [-0.15, -0.1) is 0 Å². The summed E-state index contributed by atoms with van der Waals surface area (Å²) in [6, 6.07) is 6.34. The van der Waals surface area contributed by atoms with Crippen LogP contribution in [0.5, 0.6) is 0 Å². The van der Waals surface area contributed by atoms with Gasteiger partial charge in [-0.2, -0.15) is 0 Å². The lowest BCUT2D eigenvalue weighted by Crippen LogP contribution is -2.40. The van der Waals surface area contributed by atoms with E-state index in [1.54, 1.807) is 4.90 Å². The molecule has 0 saturated carbocycles. The van der Waals surface area contributed by atoms with Crippen molar-refractivity contribution in [3.8, 4) is 0 Å². The number of rotatable bonds is 4. The summed E-state index contributed by atoms with van der Waals surface area (Å²) in [6.07, 6.45) is 0.507. The predicted molar refractivity (Wildman–Crippen MR) is 80.5 cm³/mol. The van der Waals surface area contributed by atoms with Gasteiger partial charge in [-0.25, -0.2) is 0 Å². The Kier molecular flexibility index (Phi) is 4.24. The van der Waals surface area contributed by atoms with E-state index in [0.29, 0.717) is 26.2 Å². The zero-order chi connectivity index (χ0) is 14.8. The SMILES string of the molecule is CCNC(c1ccc2c(c1)CC(=O)N2C)C1COCCO1. The summed E-state index contributed by atoms with van der Waals surface area (Å²) in [7, 11) is 1.83. The molecule has 1 amide bonds. The molecule has 0 radical (unpaired) electrons. The number of likely N-dealkylation sites (N-methyl/N-ethyl adjacent to an activating group) is 2. The highest BCUT2D eigenvalue weighted by Gasteiger charge is 2.29. The van der Waals surface area contributed by atoms with E-state index in [4.69, 9.17) is 9.47 Å². The number of amides is 1. The van der Waals surface area contributed by atoms with E-state index in [0.717, 1.165) is 23.4 Å². The third-order valence-electron chi connectivity index (χ3n) is 4.18. The summed E-state index contributed by atoms with van der Waals surface area (Å²) >= 11 is 0. The molecule has 1 saturated heterocycles. The summed E-state index contributed by atoms with van der Waals surface area (Å²) in [5.41, 5.74) is 3.27. The Morgan fingerprint density at radius 3 is 3.00 bits per heavy atom. The van der Waals surface area contributed by atoms with Crippen LogP contribution in [-0.4, -0.2) is 45.4 Å². The van der Waals surface area contributed by atoms with Gasteiger partial charge in [0.1, 0.15) is 6.10 Å². The number of benzene rings is 1. The molecule has 3 rings (SSSR count). The number of carbonyl (C=O) groups excluding carboxylic acids is 1. The van der Waals surface area contributed by atoms with Crippen LogP contribution in [0.15, 0.2) is 18.2 Å². The maximum atomic E-state index is 11.8. The minimum Gasteiger partial charge on any atom is -0.376 e. The first-order valence-electron chi connectivity index (χ1n) is 7.53. The first-order valence-corrected chi connectivity index (χ1v) is 7.53. The lowest BCUT2D eigenvalue weighted by molar-refractivity contribution is -0.117. The van der Waals surface area contributed by atoms with Crippen molar-refractivity contribution in [2.24, 2.45) is 0 Å². The molecule has 2 aliphatic rings. The molecule has 5 heteroatoms. The number of fused-ring (bicyclic) bond motifs is 1. The molecule has 0 aromatic heterocycles. The Bertz CT molecular complexity index is 526. The molecule has 0 bridgehead atoms. The summed E-state index contributed by atoms with van der Waals surface area (Å²) in [6.45, 7) is 4.85. The highest BCUT2D eigenvalue weighted by Crippen LogP contribution is 2.31. The largest absolute Gasteiger partial charge is 0.376 e. The van der Waals surface area contributed by atoms with Gasteiger partial charge in [0.25, 0.3) is 0 Å². The fraction of sp³-hybridized carbons (Fsp3) is 0.562. The van der Waals surface area contributed by atoms with Crippen LogP contribution in [0.4, 0.5) is 5.69 Å². The van der Waals surface area contributed by atoms with Gasteiger partial charge < -0.3 is 19.7 Å². The molecular weight excluding hydrogens is 268 g/mol. The van der Waals surface area contributed by atoms with E-state index >= 15 is 0 Å². The van der Waals surface area contributed by atoms with Gasteiger partial charge in [-0.05, 0) is 23.7 Å². The van der Waals surface area contributed by atoms with Crippen LogP contribution in [0.25, 0.3) is 0 Å². The summed E-state index contributed by atoms with van der Waals surface area (Å²) in [4.78, 5) is 13.5. The summed E-state index contributed by atoms with van der Waals surface area (Å²) < 4.78 is 11.4. The number of nitrogens with zero attached hydrogens (tertiary/aromatic N) is 1. The second-order valence-corrected chi connectivity index (χ2v) is 5.54. The number of ether oxygens (including phenoxy) is 2. The third-order valence-corrected chi connectivity index (χ3v) is 4.18. The maximum Gasteiger partial charge on any atom is 0.231 e. The normalized spacial score (nSPS) is 23.2. The van der Waals surface area contributed by atoms with Gasteiger partial charge in [0.15, 0.2) is 0 Å². The average Bonchev–Trinajstić information content (AvgIpc) is 2.80. The zero-order valence-electron chi connectivity index (χ0n) is 12.6. The van der Waals surface area contributed by atoms with Crippen LogP contribution < -0.4 is 10.2 Å². The molecule has 114 valence electrons. The lowest BCUT2D eigenvalue weighted by Gasteiger charge is -2.31. The summed E-state index contributed by atoms with van der Waals surface area (Å²) in [5.74, 6) is 0.152. The van der Waals surface area contributed by atoms with Crippen LogP contribution in [0.1, 0.15) is 24.1 Å². The van der Waals surface area contributed by atoms with Crippen molar-refractivity contribution >= 4 is 11.6 Å². The topological polar surface area (TPSA) is 50.8 Å². The van der Waals surface area contributed by atoms with Crippen LogP contribution in [0.3, 0.4) is 0 Å². The summed E-state index contributed by atoms with van der Waals surface area (Å²) in [5, 5.41) is 3.48. The number of nitrogens with one attached hydrogen (secondary N) is 1. The van der Waals surface area contributed by atoms with Gasteiger partial charge in [-0.3, -0.25) is 4.79 Å². The first-order chi connectivity index (χ1) is 10.2. The molecule has 1 N–H and O–H groups in total. The number of carbonyl (C=O) groups is 1. The smallest absolute Gasteiger partial charge is 0.231 e. The molecule has 1 aromatic rings. The van der Waals surface area contributed by atoms with Gasteiger partial charge in [0.05, 0.1) is 32.3 Å². The van der Waals surface area contributed by atoms with E-state index in [9.17, 15) is 4.79 Å². The molecule has 2 unspecified atom stereocenters. The van der Waals surface area contributed by atoms with Crippen molar-refractivity contribution < 1.29 is 14.3 Å². The Morgan fingerprint density at radius 2 is 2.29 bits per heavy atom. The highest BCUT2D eigenvalue weighted by molar-refractivity contribution is 6.00. The van der Waals surface area contributed by atoms with E-state index < -0.39 is 0 Å². The first kappa shape index (κ1) is 14.5. The number of anilines is 1. The molecule has 2 aliphatic heterocycles. The minimum atomic E-state index is 0.0200. The van der Waals surface area contributed by atoms with Crippen LogP contribution in [0.2, 0.25) is 0 Å². The van der Waals surface area contributed by atoms with Gasteiger partial charge in [0, 0.05) is 12.7 Å². The lowest BCUT2D eigenvalue weighted by atomic mass is 9.98. The number of hydrogen-bond donors (Lipinski definition) is 1. The van der Waals surface area contributed by atoms with Crippen LogP contribution in [-0.2, 0) is 20.7 Å². The average molecular weight is 290 g/mol. The second-order valence-electron chi connectivity index (χ2n) is 5.54.